The van der Waals surface area contributed by atoms with Crippen LogP contribution in [0.5, 0.6) is 5.75 Å². The first-order valence-corrected chi connectivity index (χ1v) is 6.44. The molecule has 6 heteroatoms. The van der Waals surface area contributed by atoms with Gasteiger partial charge in [-0.15, -0.1) is 0 Å². The molecule has 1 aromatic rings. The Bertz CT molecular complexity index is 474. The van der Waals surface area contributed by atoms with E-state index in [9.17, 15) is 9.59 Å². The second kappa shape index (κ2) is 7.47. The summed E-state index contributed by atoms with van der Waals surface area (Å²) in [4.78, 5) is 27.0. The summed E-state index contributed by atoms with van der Waals surface area (Å²) in [6.45, 7) is 3.99. The lowest BCUT2D eigenvalue weighted by Gasteiger charge is -2.16. The molecule has 0 bridgehead atoms. The molecule has 1 aromatic heterocycles. The Morgan fingerprint density at radius 2 is 2.15 bits per heavy atom. The molecule has 0 saturated carbocycles. The number of rotatable bonds is 7. The highest BCUT2D eigenvalue weighted by Crippen LogP contribution is 2.16. The average Bonchev–Trinajstić information content (AvgIpc) is 2.42. The van der Waals surface area contributed by atoms with Gasteiger partial charge >= 0.3 is 5.97 Å². The summed E-state index contributed by atoms with van der Waals surface area (Å²) in [6.07, 6.45) is 3.45. The standard InChI is InChI=1S/C14H20N2O4/c1-9(2)6-10(14(18)19)7-16-13(17)11-4-5-15-8-12(11)20-3/h4-5,8-10H,6-7H2,1-3H3,(H,16,17)(H,18,19). The summed E-state index contributed by atoms with van der Waals surface area (Å²) >= 11 is 0. The van der Waals surface area contributed by atoms with E-state index in [4.69, 9.17) is 9.84 Å². The molecule has 20 heavy (non-hydrogen) atoms. The number of carboxylic acid groups (broad SMARTS) is 1. The maximum absolute atomic E-state index is 12.0. The number of carboxylic acids is 1. The molecule has 0 fully saturated rings. The van der Waals surface area contributed by atoms with Gasteiger partial charge in [0.05, 0.1) is 24.8 Å². The van der Waals surface area contributed by atoms with Crippen molar-refractivity contribution in [1.82, 2.24) is 10.3 Å². The lowest BCUT2D eigenvalue weighted by Crippen LogP contribution is -2.33. The minimum atomic E-state index is -0.902. The third kappa shape index (κ3) is 4.53. The summed E-state index contributed by atoms with van der Waals surface area (Å²) in [5.41, 5.74) is 0.344. The number of aliphatic carboxylic acids is 1. The number of amides is 1. The molecule has 1 atom stereocenters. The van der Waals surface area contributed by atoms with Gasteiger partial charge < -0.3 is 15.2 Å². The number of hydrogen-bond acceptors (Lipinski definition) is 4. The smallest absolute Gasteiger partial charge is 0.308 e. The van der Waals surface area contributed by atoms with E-state index < -0.39 is 11.9 Å². The fourth-order valence-electron chi connectivity index (χ4n) is 1.88. The molecule has 1 rings (SSSR count). The van der Waals surface area contributed by atoms with Crippen LogP contribution in [0.25, 0.3) is 0 Å². The first kappa shape index (κ1) is 15.9. The fraction of sp³-hybridized carbons (Fsp3) is 0.500. The van der Waals surface area contributed by atoms with Gasteiger partial charge in [0.1, 0.15) is 5.75 Å². The SMILES string of the molecule is COc1cnccc1C(=O)NCC(CC(C)C)C(=O)O. The summed E-state index contributed by atoms with van der Waals surface area (Å²) < 4.78 is 5.05. The zero-order valence-corrected chi connectivity index (χ0v) is 11.9. The molecule has 6 nitrogen and oxygen atoms in total. The molecule has 1 amide bonds. The predicted octanol–water partition coefficient (Wildman–Crippen LogP) is 1.57. The highest BCUT2D eigenvalue weighted by molar-refractivity contribution is 5.96. The summed E-state index contributed by atoms with van der Waals surface area (Å²) in [7, 11) is 1.45. The monoisotopic (exact) mass is 280 g/mol. The van der Waals surface area contributed by atoms with Gasteiger partial charge in [0.25, 0.3) is 5.91 Å². The van der Waals surface area contributed by atoms with Crippen molar-refractivity contribution in [3.63, 3.8) is 0 Å². The molecule has 0 aliphatic rings. The van der Waals surface area contributed by atoms with Crippen molar-refractivity contribution in [2.24, 2.45) is 11.8 Å². The van der Waals surface area contributed by atoms with Crippen molar-refractivity contribution in [1.29, 1.82) is 0 Å². The number of nitrogens with zero attached hydrogens (tertiary/aromatic N) is 1. The molecule has 0 aromatic carbocycles. The predicted molar refractivity (Wildman–Crippen MR) is 73.7 cm³/mol. The highest BCUT2D eigenvalue weighted by atomic mass is 16.5. The quantitative estimate of drug-likeness (QED) is 0.791. The van der Waals surface area contributed by atoms with Gasteiger partial charge in [0, 0.05) is 12.7 Å². The van der Waals surface area contributed by atoms with Crippen LogP contribution in [0.15, 0.2) is 18.5 Å². The lowest BCUT2D eigenvalue weighted by atomic mass is 9.97. The van der Waals surface area contributed by atoms with E-state index in [1.807, 2.05) is 13.8 Å². The minimum Gasteiger partial charge on any atom is -0.494 e. The fourth-order valence-corrected chi connectivity index (χ4v) is 1.88. The molecule has 2 N–H and O–H groups in total. The van der Waals surface area contributed by atoms with E-state index in [-0.39, 0.29) is 18.4 Å². The van der Waals surface area contributed by atoms with E-state index in [0.717, 1.165) is 0 Å². The molecular formula is C14H20N2O4. The average molecular weight is 280 g/mol. The Morgan fingerprint density at radius 3 is 2.70 bits per heavy atom. The number of nitrogens with one attached hydrogen (secondary N) is 1. The number of carbonyl (C=O) groups excluding carboxylic acids is 1. The largest absolute Gasteiger partial charge is 0.494 e. The molecule has 1 unspecified atom stereocenters. The van der Waals surface area contributed by atoms with E-state index in [0.29, 0.717) is 17.7 Å². The minimum absolute atomic E-state index is 0.0951. The van der Waals surface area contributed by atoms with Crippen molar-refractivity contribution < 1.29 is 19.4 Å². The van der Waals surface area contributed by atoms with Crippen LogP contribution in [0.2, 0.25) is 0 Å². The number of methoxy groups -OCH3 is 1. The van der Waals surface area contributed by atoms with Crippen LogP contribution in [0.3, 0.4) is 0 Å². The van der Waals surface area contributed by atoms with Gasteiger partial charge in [0.15, 0.2) is 0 Å². The van der Waals surface area contributed by atoms with Crippen LogP contribution >= 0.6 is 0 Å². The van der Waals surface area contributed by atoms with Crippen LogP contribution in [-0.4, -0.2) is 35.6 Å². The highest BCUT2D eigenvalue weighted by Gasteiger charge is 2.20. The second-order valence-corrected chi connectivity index (χ2v) is 4.95. The van der Waals surface area contributed by atoms with Crippen molar-refractivity contribution >= 4 is 11.9 Å². The van der Waals surface area contributed by atoms with Gasteiger partial charge in [-0.05, 0) is 18.4 Å². The van der Waals surface area contributed by atoms with E-state index in [2.05, 4.69) is 10.3 Å². The zero-order chi connectivity index (χ0) is 15.1. The van der Waals surface area contributed by atoms with Crippen LogP contribution in [0.4, 0.5) is 0 Å². The third-order valence-corrected chi connectivity index (χ3v) is 2.86. The maximum Gasteiger partial charge on any atom is 0.308 e. The first-order chi connectivity index (χ1) is 9.45. The number of hydrogen-bond donors (Lipinski definition) is 2. The van der Waals surface area contributed by atoms with E-state index >= 15 is 0 Å². The Morgan fingerprint density at radius 1 is 1.45 bits per heavy atom. The maximum atomic E-state index is 12.0. The number of ether oxygens (including phenoxy) is 1. The molecule has 0 aliphatic carbocycles. The Balaban J connectivity index is 2.68. The Labute approximate surface area is 118 Å². The van der Waals surface area contributed by atoms with Crippen molar-refractivity contribution in [2.75, 3.05) is 13.7 Å². The van der Waals surface area contributed by atoms with Gasteiger partial charge in [-0.25, -0.2) is 0 Å². The first-order valence-electron chi connectivity index (χ1n) is 6.44. The molecular weight excluding hydrogens is 260 g/mol. The van der Waals surface area contributed by atoms with Crippen molar-refractivity contribution in [3.05, 3.63) is 24.0 Å². The van der Waals surface area contributed by atoms with Crippen LogP contribution < -0.4 is 10.1 Å². The second-order valence-electron chi connectivity index (χ2n) is 4.95. The van der Waals surface area contributed by atoms with Crippen LogP contribution in [0, 0.1) is 11.8 Å². The number of pyridine rings is 1. The molecule has 0 saturated heterocycles. The zero-order valence-electron chi connectivity index (χ0n) is 11.9. The van der Waals surface area contributed by atoms with Gasteiger partial charge in [0.2, 0.25) is 0 Å². The molecule has 0 spiro atoms. The number of carbonyl (C=O) groups is 2. The Kier molecular flexibility index (Phi) is 5.96. The van der Waals surface area contributed by atoms with Crippen molar-refractivity contribution in [2.45, 2.75) is 20.3 Å². The lowest BCUT2D eigenvalue weighted by molar-refractivity contribution is -0.142. The van der Waals surface area contributed by atoms with Crippen LogP contribution in [0.1, 0.15) is 30.6 Å². The summed E-state index contributed by atoms with van der Waals surface area (Å²) in [6, 6.07) is 1.53. The molecule has 0 radical (unpaired) electrons. The Hall–Kier alpha value is -2.11. The molecule has 110 valence electrons. The molecule has 1 heterocycles. The normalized spacial score (nSPS) is 12.0. The van der Waals surface area contributed by atoms with E-state index in [1.54, 1.807) is 0 Å². The van der Waals surface area contributed by atoms with Crippen molar-refractivity contribution in [3.8, 4) is 5.75 Å². The summed E-state index contributed by atoms with van der Waals surface area (Å²) in [5, 5.41) is 11.8. The van der Waals surface area contributed by atoms with E-state index in [1.165, 1.54) is 25.6 Å². The topological polar surface area (TPSA) is 88.5 Å². The van der Waals surface area contributed by atoms with Gasteiger partial charge in [-0.2, -0.15) is 0 Å². The van der Waals surface area contributed by atoms with Gasteiger partial charge in [-0.1, -0.05) is 13.8 Å². The molecule has 0 aliphatic heterocycles. The number of aromatic nitrogens is 1. The summed E-state index contributed by atoms with van der Waals surface area (Å²) in [5.74, 6) is -1.24. The van der Waals surface area contributed by atoms with Crippen LogP contribution in [-0.2, 0) is 4.79 Å². The van der Waals surface area contributed by atoms with Gasteiger partial charge in [-0.3, -0.25) is 14.6 Å². The third-order valence-electron chi connectivity index (χ3n) is 2.86.